The Labute approximate surface area is 201 Å². The van der Waals surface area contributed by atoms with Crippen LogP contribution in [0.3, 0.4) is 0 Å². The maximum atomic E-state index is 14.3. The van der Waals surface area contributed by atoms with Crippen molar-refractivity contribution in [3.05, 3.63) is 93.6 Å². The van der Waals surface area contributed by atoms with Crippen molar-refractivity contribution in [1.82, 2.24) is 0 Å². The summed E-state index contributed by atoms with van der Waals surface area (Å²) in [6.45, 7) is 3.67. The first kappa shape index (κ1) is 27.0. The van der Waals surface area contributed by atoms with E-state index in [1.807, 2.05) is 13.8 Å². The standard InChI is InChI=1S/C25H21F7N2O2/c1-11-4-5-14(10-12(11)2)16(13-6-8-15(36-3)9-7-13)22(33)24(35)34-23-20(28)18(26)17(25(30,31)32)19(27)21(23)29/h4-10,16,22H,33H2,1-3H3,(H,34,35)/t16-,22-/m0/s1. The van der Waals surface area contributed by atoms with Crippen LogP contribution >= 0.6 is 0 Å². The number of nitrogens with one attached hydrogen (secondary N) is 1. The molecule has 36 heavy (non-hydrogen) atoms. The molecule has 3 aromatic carbocycles. The molecule has 0 aromatic heterocycles. The van der Waals surface area contributed by atoms with Gasteiger partial charge >= 0.3 is 6.18 Å². The number of aryl methyl sites for hydroxylation is 2. The van der Waals surface area contributed by atoms with Crippen molar-refractivity contribution in [3.63, 3.8) is 0 Å². The lowest BCUT2D eigenvalue weighted by Gasteiger charge is -2.25. The van der Waals surface area contributed by atoms with Crippen LogP contribution in [0.15, 0.2) is 42.5 Å². The number of halogens is 7. The number of hydrogen-bond donors (Lipinski definition) is 2. The molecule has 0 aliphatic heterocycles. The molecular weight excluding hydrogens is 493 g/mol. The molecule has 2 atom stereocenters. The first-order valence-corrected chi connectivity index (χ1v) is 10.5. The summed E-state index contributed by atoms with van der Waals surface area (Å²) in [5, 5.41) is 1.62. The highest BCUT2D eigenvalue weighted by Gasteiger charge is 2.43. The van der Waals surface area contributed by atoms with Gasteiger partial charge in [-0.3, -0.25) is 4.79 Å². The Bertz CT molecular complexity index is 1260. The third-order valence-electron chi connectivity index (χ3n) is 5.82. The Morgan fingerprint density at radius 2 is 1.39 bits per heavy atom. The minimum absolute atomic E-state index is 0.493. The number of amides is 1. The first-order chi connectivity index (χ1) is 16.8. The van der Waals surface area contributed by atoms with Gasteiger partial charge in [-0.05, 0) is 48.2 Å². The van der Waals surface area contributed by atoms with E-state index in [4.69, 9.17) is 10.5 Å². The number of carbonyl (C=O) groups is 1. The topological polar surface area (TPSA) is 64.3 Å². The van der Waals surface area contributed by atoms with Gasteiger partial charge in [-0.15, -0.1) is 0 Å². The summed E-state index contributed by atoms with van der Waals surface area (Å²) in [7, 11) is 1.44. The van der Waals surface area contributed by atoms with Crippen LogP contribution in [0.25, 0.3) is 0 Å². The average molecular weight is 514 g/mol. The molecule has 3 rings (SSSR count). The number of hydrogen-bond acceptors (Lipinski definition) is 3. The fourth-order valence-electron chi connectivity index (χ4n) is 3.72. The third kappa shape index (κ3) is 5.15. The molecule has 0 unspecified atom stereocenters. The Kier molecular flexibility index (Phi) is 7.63. The molecule has 11 heteroatoms. The number of ether oxygens (including phenoxy) is 1. The van der Waals surface area contributed by atoms with E-state index in [0.717, 1.165) is 11.1 Å². The van der Waals surface area contributed by atoms with Crippen molar-refractivity contribution in [1.29, 1.82) is 0 Å². The van der Waals surface area contributed by atoms with Gasteiger partial charge in [0.05, 0.1) is 13.2 Å². The summed E-state index contributed by atoms with van der Waals surface area (Å²) in [4.78, 5) is 12.9. The summed E-state index contributed by atoms with van der Waals surface area (Å²) in [6.07, 6.45) is -5.71. The van der Waals surface area contributed by atoms with E-state index in [1.54, 1.807) is 47.8 Å². The van der Waals surface area contributed by atoms with E-state index in [1.165, 1.54) is 7.11 Å². The number of rotatable bonds is 6. The van der Waals surface area contributed by atoms with Crippen LogP contribution in [0.1, 0.15) is 33.7 Å². The Hall–Kier alpha value is -3.60. The third-order valence-corrected chi connectivity index (χ3v) is 5.82. The predicted octanol–water partition coefficient (Wildman–Crippen LogP) is 5.99. The van der Waals surface area contributed by atoms with Crippen molar-refractivity contribution < 1.29 is 40.3 Å². The summed E-state index contributed by atoms with van der Waals surface area (Å²) < 4.78 is 100. The molecule has 0 fully saturated rings. The number of nitrogens with two attached hydrogens (primary N) is 1. The van der Waals surface area contributed by atoms with Crippen molar-refractivity contribution in [2.45, 2.75) is 32.0 Å². The monoisotopic (exact) mass is 514 g/mol. The smallest absolute Gasteiger partial charge is 0.422 e. The maximum Gasteiger partial charge on any atom is 0.422 e. The lowest BCUT2D eigenvalue weighted by atomic mass is 9.83. The Morgan fingerprint density at radius 3 is 1.86 bits per heavy atom. The molecule has 3 N–H and O–H groups in total. The van der Waals surface area contributed by atoms with Gasteiger partial charge in [0.15, 0.2) is 23.3 Å². The van der Waals surface area contributed by atoms with E-state index in [9.17, 15) is 35.5 Å². The Morgan fingerprint density at radius 1 is 0.861 bits per heavy atom. The molecule has 3 aromatic rings. The summed E-state index contributed by atoms with van der Waals surface area (Å²) in [6, 6.07) is 10.0. The first-order valence-electron chi connectivity index (χ1n) is 10.5. The molecule has 0 aliphatic rings. The largest absolute Gasteiger partial charge is 0.497 e. The highest BCUT2D eigenvalue weighted by atomic mass is 19.4. The van der Waals surface area contributed by atoms with Crippen LogP contribution < -0.4 is 15.8 Å². The van der Waals surface area contributed by atoms with E-state index >= 15 is 0 Å². The molecule has 0 aliphatic carbocycles. The molecule has 0 radical (unpaired) electrons. The second kappa shape index (κ2) is 10.2. The van der Waals surface area contributed by atoms with Gasteiger partial charge in [-0.25, -0.2) is 17.6 Å². The van der Waals surface area contributed by atoms with E-state index in [0.29, 0.717) is 16.9 Å². The molecule has 0 bridgehead atoms. The van der Waals surface area contributed by atoms with E-state index in [-0.39, 0.29) is 0 Å². The normalized spacial score (nSPS) is 13.3. The summed E-state index contributed by atoms with van der Waals surface area (Å²) in [5.41, 5.74) is 4.51. The van der Waals surface area contributed by atoms with Gasteiger partial charge in [0.2, 0.25) is 5.91 Å². The van der Waals surface area contributed by atoms with Crippen LogP contribution in [0, 0.1) is 37.1 Å². The molecule has 1 amide bonds. The fraction of sp³-hybridized carbons (Fsp3) is 0.240. The van der Waals surface area contributed by atoms with Crippen molar-refractivity contribution >= 4 is 11.6 Å². The van der Waals surface area contributed by atoms with Crippen molar-refractivity contribution in [2.75, 3.05) is 12.4 Å². The maximum absolute atomic E-state index is 14.3. The van der Waals surface area contributed by atoms with Crippen LogP contribution in [0.5, 0.6) is 5.75 Å². The number of anilines is 1. The molecular formula is C25H21F7N2O2. The van der Waals surface area contributed by atoms with Gasteiger partial charge in [0.1, 0.15) is 17.0 Å². The zero-order valence-electron chi connectivity index (χ0n) is 19.2. The lowest BCUT2D eigenvalue weighted by Crippen LogP contribution is -2.41. The number of carbonyl (C=O) groups excluding carboxylic acids is 1. The second-order valence-electron chi connectivity index (χ2n) is 8.11. The highest BCUT2D eigenvalue weighted by Crippen LogP contribution is 2.39. The van der Waals surface area contributed by atoms with Crippen molar-refractivity contribution in [3.8, 4) is 5.75 Å². The zero-order valence-corrected chi connectivity index (χ0v) is 19.2. The van der Waals surface area contributed by atoms with Crippen LogP contribution in [0.2, 0.25) is 0 Å². The second-order valence-corrected chi connectivity index (χ2v) is 8.11. The number of alkyl halides is 3. The molecule has 0 spiro atoms. The van der Waals surface area contributed by atoms with Crippen molar-refractivity contribution in [2.24, 2.45) is 5.73 Å². The van der Waals surface area contributed by atoms with Crippen LogP contribution in [-0.4, -0.2) is 19.1 Å². The molecule has 0 saturated carbocycles. The lowest BCUT2D eigenvalue weighted by molar-refractivity contribution is -0.143. The number of benzene rings is 3. The average Bonchev–Trinajstić information content (AvgIpc) is 2.82. The fourth-order valence-corrected chi connectivity index (χ4v) is 3.72. The molecule has 4 nitrogen and oxygen atoms in total. The summed E-state index contributed by atoms with van der Waals surface area (Å²) >= 11 is 0. The minimum Gasteiger partial charge on any atom is -0.497 e. The van der Waals surface area contributed by atoms with Gasteiger partial charge in [0.25, 0.3) is 0 Å². The van der Waals surface area contributed by atoms with Crippen LogP contribution in [0.4, 0.5) is 36.4 Å². The zero-order chi connectivity index (χ0) is 26.9. The van der Waals surface area contributed by atoms with E-state index in [2.05, 4.69) is 0 Å². The number of methoxy groups -OCH3 is 1. The van der Waals surface area contributed by atoms with Gasteiger partial charge in [-0.2, -0.15) is 13.2 Å². The molecule has 0 saturated heterocycles. The Balaban J connectivity index is 2.05. The molecule has 0 heterocycles. The van der Waals surface area contributed by atoms with Crippen LogP contribution in [-0.2, 0) is 11.0 Å². The van der Waals surface area contributed by atoms with Gasteiger partial charge in [0, 0.05) is 5.92 Å². The van der Waals surface area contributed by atoms with Gasteiger partial charge < -0.3 is 15.8 Å². The molecule has 192 valence electrons. The predicted molar refractivity (Wildman–Crippen MR) is 119 cm³/mol. The SMILES string of the molecule is COc1ccc([C@@H](c2ccc(C)c(C)c2)[C@H](N)C(=O)Nc2c(F)c(F)c(C(F)(F)F)c(F)c2F)cc1. The quantitative estimate of drug-likeness (QED) is 0.314. The van der Waals surface area contributed by atoms with E-state index < -0.39 is 58.6 Å². The van der Waals surface area contributed by atoms with Gasteiger partial charge in [-0.1, -0.05) is 30.3 Å². The highest BCUT2D eigenvalue weighted by molar-refractivity contribution is 5.96. The minimum atomic E-state index is -5.71. The summed E-state index contributed by atoms with van der Waals surface area (Å²) in [5.74, 6) is -11.9.